The van der Waals surface area contributed by atoms with Gasteiger partial charge in [-0.1, -0.05) is 6.07 Å². The maximum Gasteiger partial charge on any atom is 0.232 e. The number of hydrogen-bond acceptors (Lipinski definition) is 5. The van der Waals surface area contributed by atoms with Crippen molar-refractivity contribution in [3.8, 4) is 11.5 Å². The Morgan fingerprint density at radius 3 is 2.48 bits per heavy atom. The summed E-state index contributed by atoms with van der Waals surface area (Å²) < 4.78 is 48.8. The van der Waals surface area contributed by atoms with E-state index in [1.165, 1.54) is 32.4 Å². The third-order valence-electron chi connectivity index (χ3n) is 3.72. The molecule has 2 rings (SSSR count). The summed E-state index contributed by atoms with van der Waals surface area (Å²) in [5.41, 5.74) is 0.590. The molecule has 0 fully saturated rings. The number of amides is 1. The number of ether oxygens (including phenoxy) is 2. The number of halogens is 1. The van der Waals surface area contributed by atoms with Crippen LogP contribution >= 0.6 is 0 Å². The summed E-state index contributed by atoms with van der Waals surface area (Å²) in [7, 11) is -0.708. The lowest BCUT2D eigenvalue weighted by Crippen LogP contribution is -2.33. The minimum Gasteiger partial charge on any atom is -0.497 e. The lowest BCUT2D eigenvalue weighted by Gasteiger charge is -2.22. The van der Waals surface area contributed by atoms with E-state index in [1.807, 2.05) is 0 Å². The zero-order valence-corrected chi connectivity index (χ0v) is 16.0. The monoisotopic (exact) mass is 396 g/mol. The van der Waals surface area contributed by atoms with E-state index in [2.05, 4.69) is 5.32 Å². The minimum atomic E-state index is -3.68. The summed E-state index contributed by atoms with van der Waals surface area (Å²) in [6.07, 6.45) is 0.876. The van der Waals surface area contributed by atoms with Crippen molar-refractivity contribution in [3.63, 3.8) is 0 Å². The van der Waals surface area contributed by atoms with E-state index in [9.17, 15) is 17.6 Å². The van der Waals surface area contributed by atoms with Gasteiger partial charge in [0.2, 0.25) is 15.9 Å². The molecule has 1 amide bonds. The van der Waals surface area contributed by atoms with Crippen LogP contribution in [-0.4, -0.2) is 41.3 Å². The number of anilines is 2. The Bertz CT molecular complexity index is 918. The summed E-state index contributed by atoms with van der Waals surface area (Å²) in [5, 5.41) is 2.67. The Morgan fingerprint density at radius 1 is 1.15 bits per heavy atom. The van der Waals surface area contributed by atoms with Gasteiger partial charge < -0.3 is 14.8 Å². The van der Waals surface area contributed by atoms with Crippen LogP contribution in [0, 0.1) is 5.82 Å². The molecule has 0 aliphatic heterocycles. The molecule has 0 atom stereocenters. The lowest BCUT2D eigenvalue weighted by molar-refractivity contribution is -0.116. The topological polar surface area (TPSA) is 84.9 Å². The molecule has 2 aromatic rings. The van der Waals surface area contributed by atoms with Crippen LogP contribution < -0.4 is 19.1 Å². The fourth-order valence-electron chi connectivity index (χ4n) is 2.44. The first-order valence-electron chi connectivity index (χ1n) is 7.99. The van der Waals surface area contributed by atoms with Crippen LogP contribution in [0.3, 0.4) is 0 Å². The quantitative estimate of drug-likeness (QED) is 0.742. The summed E-state index contributed by atoms with van der Waals surface area (Å²) in [4.78, 5) is 12.3. The first kappa shape index (κ1) is 20.5. The van der Waals surface area contributed by atoms with Crippen LogP contribution in [0.4, 0.5) is 15.8 Å². The number of carbonyl (C=O) groups excluding carboxylic acids is 1. The van der Waals surface area contributed by atoms with Gasteiger partial charge in [-0.3, -0.25) is 9.10 Å². The van der Waals surface area contributed by atoms with Gasteiger partial charge in [0.15, 0.2) is 0 Å². The smallest absolute Gasteiger partial charge is 0.232 e. The average molecular weight is 396 g/mol. The highest BCUT2D eigenvalue weighted by Gasteiger charge is 2.19. The van der Waals surface area contributed by atoms with Crippen molar-refractivity contribution >= 4 is 27.3 Å². The van der Waals surface area contributed by atoms with E-state index in [0.29, 0.717) is 17.2 Å². The molecule has 0 spiro atoms. The summed E-state index contributed by atoms with van der Waals surface area (Å²) in [5.74, 6) is 0.00379. The van der Waals surface area contributed by atoms with Crippen molar-refractivity contribution in [1.82, 2.24) is 0 Å². The Balaban J connectivity index is 2.10. The molecule has 0 aliphatic carbocycles. The molecule has 2 aromatic carbocycles. The Morgan fingerprint density at radius 2 is 1.89 bits per heavy atom. The lowest BCUT2D eigenvalue weighted by atomic mass is 10.2. The second-order valence-electron chi connectivity index (χ2n) is 5.68. The van der Waals surface area contributed by atoms with Crippen LogP contribution in [0.15, 0.2) is 42.5 Å². The van der Waals surface area contributed by atoms with E-state index >= 15 is 0 Å². The van der Waals surface area contributed by atoms with Gasteiger partial charge in [-0.2, -0.15) is 0 Å². The molecule has 0 aliphatic rings. The molecule has 0 heterocycles. The van der Waals surface area contributed by atoms with Crippen LogP contribution in [0.1, 0.15) is 6.42 Å². The number of nitrogens with one attached hydrogen (secondary N) is 1. The van der Waals surface area contributed by atoms with Gasteiger partial charge in [0, 0.05) is 19.0 Å². The van der Waals surface area contributed by atoms with Crippen molar-refractivity contribution in [2.75, 3.05) is 36.6 Å². The van der Waals surface area contributed by atoms with Crippen molar-refractivity contribution in [1.29, 1.82) is 0 Å². The second-order valence-corrected chi connectivity index (χ2v) is 7.59. The van der Waals surface area contributed by atoms with Gasteiger partial charge in [0.05, 0.1) is 31.9 Å². The molecular weight excluding hydrogens is 375 g/mol. The first-order valence-corrected chi connectivity index (χ1v) is 9.84. The molecular formula is C18H21FN2O5S. The highest BCUT2D eigenvalue weighted by atomic mass is 32.2. The number of rotatable bonds is 8. The van der Waals surface area contributed by atoms with Gasteiger partial charge in [0.25, 0.3) is 0 Å². The summed E-state index contributed by atoms with van der Waals surface area (Å²) in [6.45, 7) is -0.132. The highest BCUT2D eigenvalue weighted by molar-refractivity contribution is 7.92. The Labute approximate surface area is 157 Å². The van der Waals surface area contributed by atoms with Crippen molar-refractivity contribution in [2.45, 2.75) is 6.42 Å². The zero-order valence-electron chi connectivity index (χ0n) is 15.2. The molecule has 9 heteroatoms. The number of nitrogens with zero attached hydrogens (tertiary/aromatic N) is 1. The highest BCUT2D eigenvalue weighted by Crippen LogP contribution is 2.29. The van der Waals surface area contributed by atoms with Crippen LogP contribution in [0.5, 0.6) is 11.5 Å². The van der Waals surface area contributed by atoms with Crippen molar-refractivity contribution < 1.29 is 27.1 Å². The molecule has 146 valence electrons. The summed E-state index contributed by atoms with van der Waals surface area (Å²) in [6, 6.07) is 10.1. The normalized spacial score (nSPS) is 11.0. The molecule has 0 saturated heterocycles. The summed E-state index contributed by atoms with van der Waals surface area (Å²) >= 11 is 0. The molecule has 0 radical (unpaired) electrons. The molecule has 0 unspecified atom stereocenters. The maximum atomic E-state index is 13.4. The maximum absolute atomic E-state index is 13.4. The molecule has 0 aromatic heterocycles. The largest absolute Gasteiger partial charge is 0.497 e. The van der Waals surface area contributed by atoms with Gasteiger partial charge in [0.1, 0.15) is 17.3 Å². The molecule has 0 saturated carbocycles. The van der Waals surface area contributed by atoms with E-state index in [0.717, 1.165) is 16.6 Å². The number of sulfonamides is 1. The van der Waals surface area contributed by atoms with E-state index in [4.69, 9.17) is 9.47 Å². The Kier molecular flexibility index (Phi) is 6.62. The number of benzene rings is 2. The number of carbonyl (C=O) groups is 1. The van der Waals surface area contributed by atoms with Gasteiger partial charge >= 0.3 is 0 Å². The number of hydrogen-bond donors (Lipinski definition) is 1. The Hall–Kier alpha value is -2.81. The van der Waals surface area contributed by atoms with Crippen LogP contribution in [-0.2, 0) is 14.8 Å². The fourth-order valence-corrected chi connectivity index (χ4v) is 3.35. The van der Waals surface area contributed by atoms with E-state index in [1.54, 1.807) is 18.2 Å². The zero-order chi connectivity index (χ0) is 20.0. The number of methoxy groups -OCH3 is 2. The fraction of sp³-hybridized carbons (Fsp3) is 0.278. The predicted molar refractivity (Wildman–Crippen MR) is 101 cm³/mol. The van der Waals surface area contributed by atoms with Gasteiger partial charge in [-0.05, 0) is 30.3 Å². The molecule has 0 bridgehead atoms. The van der Waals surface area contributed by atoms with Crippen LogP contribution in [0.2, 0.25) is 0 Å². The van der Waals surface area contributed by atoms with Crippen molar-refractivity contribution in [3.05, 3.63) is 48.3 Å². The first-order chi connectivity index (χ1) is 12.7. The standard InChI is InChI=1S/C18H21FN2O5S/c1-25-15-7-8-16(17(12-15)26-2)20-18(22)9-10-21(27(3,23)24)14-6-4-5-13(19)11-14/h4-8,11-12H,9-10H2,1-3H3,(H,20,22). The van der Waals surface area contributed by atoms with E-state index < -0.39 is 21.7 Å². The van der Waals surface area contributed by atoms with Crippen LogP contribution in [0.25, 0.3) is 0 Å². The SMILES string of the molecule is COc1ccc(NC(=O)CCN(c2cccc(F)c2)S(C)(=O)=O)c(OC)c1. The molecule has 1 N–H and O–H groups in total. The van der Waals surface area contributed by atoms with Gasteiger partial charge in [-0.15, -0.1) is 0 Å². The molecule has 27 heavy (non-hydrogen) atoms. The van der Waals surface area contributed by atoms with Crippen molar-refractivity contribution in [2.24, 2.45) is 0 Å². The average Bonchev–Trinajstić information content (AvgIpc) is 2.61. The van der Waals surface area contributed by atoms with Gasteiger partial charge in [-0.25, -0.2) is 12.8 Å². The predicted octanol–water partition coefficient (Wildman–Crippen LogP) is 2.64. The second kappa shape index (κ2) is 8.72. The molecule has 7 nitrogen and oxygen atoms in total. The third-order valence-corrected chi connectivity index (χ3v) is 4.92. The third kappa shape index (κ3) is 5.58. The minimum absolute atomic E-state index is 0.126. The van der Waals surface area contributed by atoms with E-state index in [-0.39, 0.29) is 18.7 Å².